The van der Waals surface area contributed by atoms with Crippen LogP contribution < -0.4 is 5.32 Å². The summed E-state index contributed by atoms with van der Waals surface area (Å²) in [4.78, 5) is 5.02. The van der Waals surface area contributed by atoms with E-state index in [1.54, 1.807) is 0 Å². The topological polar surface area (TPSA) is 59.1 Å². The first-order chi connectivity index (χ1) is 14.6. The number of fused-ring (bicyclic) bond motifs is 1. The van der Waals surface area contributed by atoms with E-state index >= 15 is 0 Å². The molecule has 0 amide bonds. The average molecular weight is 425 g/mol. The zero-order chi connectivity index (χ0) is 20.6. The summed E-state index contributed by atoms with van der Waals surface area (Å²) >= 11 is 0. The highest BCUT2D eigenvalue weighted by molar-refractivity contribution is 7.92. The van der Waals surface area contributed by atoms with Crippen molar-refractivity contribution in [2.24, 2.45) is 5.92 Å². The van der Waals surface area contributed by atoms with Crippen LogP contribution >= 0.6 is 0 Å². The normalized spacial score (nSPS) is 23.4. The summed E-state index contributed by atoms with van der Waals surface area (Å²) in [6.07, 6.45) is 13.0. The van der Waals surface area contributed by atoms with E-state index < -0.39 is 9.84 Å². The SMILES string of the molecule is O=S(=O)(c1ccc(C(CC2CCCC2)C2Cc3cccnc3N2)cc1)C1CCCC1. The van der Waals surface area contributed by atoms with Gasteiger partial charge in [-0.05, 0) is 60.9 Å². The molecule has 0 saturated heterocycles. The van der Waals surface area contributed by atoms with Gasteiger partial charge in [0.1, 0.15) is 5.82 Å². The number of hydrogen-bond donors (Lipinski definition) is 1. The molecule has 2 unspecified atom stereocenters. The number of aromatic nitrogens is 1. The van der Waals surface area contributed by atoms with Crippen molar-refractivity contribution in [2.45, 2.75) is 86.3 Å². The van der Waals surface area contributed by atoms with Crippen LogP contribution in [0.1, 0.15) is 74.8 Å². The van der Waals surface area contributed by atoms with Gasteiger partial charge in [0.25, 0.3) is 0 Å². The highest BCUT2D eigenvalue weighted by Crippen LogP contribution is 2.40. The van der Waals surface area contributed by atoms with Crippen LogP contribution in [0.15, 0.2) is 47.5 Å². The second-order valence-corrected chi connectivity index (χ2v) is 11.7. The van der Waals surface area contributed by atoms with E-state index in [-0.39, 0.29) is 5.25 Å². The maximum Gasteiger partial charge on any atom is 0.181 e. The number of hydrogen-bond acceptors (Lipinski definition) is 4. The third-order valence-electron chi connectivity index (χ3n) is 7.58. The molecule has 5 rings (SSSR count). The van der Waals surface area contributed by atoms with Crippen LogP contribution in [-0.4, -0.2) is 24.7 Å². The number of anilines is 1. The number of rotatable bonds is 6. The number of nitrogens with one attached hydrogen (secondary N) is 1. The first-order valence-corrected chi connectivity index (χ1v) is 13.2. The van der Waals surface area contributed by atoms with Crippen molar-refractivity contribution in [1.82, 2.24) is 4.98 Å². The van der Waals surface area contributed by atoms with Crippen LogP contribution in [0.5, 0.6) is 0 Å². The third kappa shape index (κ3) is 3.89. The highest BCUT2D eigenvalue weighted by Gasteiger charge is 2.34. The Balaban J connectivity index is 1.40. The largest absolute Gasteiger partial charge is 0.366 e. The molecule has 2 aliphatic carbocycles. The Labute approximate surface area is 180 Å². The molecule has 4 nitrogen and oxygen atoms in total. The number of nitrogens with zero attached hydrogens (tertiary/aromatic N) is 1. The van der Waals surface area contributed by atoms with Gasteiger partial charge in [0.15, 0.2) is 9.84 Å². The van der Waals surface area contributed by atoms with E-state index in [1.807, 2.05) is 24.4 Å². The Hall–Kier alpha value is -1.88. The Morgan fingerprint density at radius 3 is 2.37 bits per heavy atom. The van der Waals surface area contributed by atoms with Crippen molar-refractivity contribution in [1.29, 1.82) is 0 Å². The van der Waals surface area contributed by atoms with Gasteiger partial charge in [0.2, 0.25) is 0 Å². The lowest BCUT2D eigenvalue weighted by molar-refractivity contribution is 0.413. The van der Waals surface area contributed by atoms with Crippen LogP contribution in [0.3, 0.4) is 0 Å². The smallest absolute Gasteiger partial charge is 0.181 e. The van der Waals surface area contributed by atoms with Gasteiger partial charge >= 0.3 is 0 Å². The molecular weight excluding hydrogens is 392 g/mol. The summed E-state index contributed by atoms with van der Waals surface area (Å²) < 4.78 is 26.0. The number of benzene rings is 1. The van der Waals surface area contributed by atoms with Crippen molar-refractivity contribution < 1.29 is 8.42 Å². The zero-order valence-electron chi connectivity index (χ0n) is 17.6. The van der Waals surface area contributed by atoms with Crippen molar-refractivity contribution in [3.05, 3.63) is 53.7 Å². The van der Waals surface area contributed by atoms with Gasteiger partial charge in [0.05, 0.1) is 10.1 Å². The molecule has 0 spiro atoms. The summed E-state index contributed by atoms with van der Waals surface area (Å²) in [7, 11) is -3.19. The Bertz CT molecular complexity index is 949. The second kappa shape index (κ2) is 8.33. The van der Waals surface area contributed by atoms with E-state index in [1.165, 1.54) is 43.2 Å². The molecule has 2 heterocycles. The van der Waals surface area contributed by atoms with E-state index in [4.69, 9.17) is 0 Å². The Morgan fingerprint density at radius 1 is 0.967 bits per heavy atom. The van der Waals surface area contributed by atoms with Gasteiger partial charge in [-0.3, -0.25) is 0 Å². The minimum Gasteiger partial charge on any atom is -0.366 e. The van der Waals surface area contributed by atoms with Crippen LogP contribution in [0.25, 0.3) is 0 Å². The monoisotopic (exact) mass is 424 g/mol. The molecule has 1 aromatic heterocycles. The molecule has 5 heteroatoms. The van der Waals surface area contributed by atoms with Gasteiger partial charge in [-0.15, -0.1) is 0 Å². The molecule has 2 atom stereocenters. The molecule has 3 aliphatic rings. The molecule has 1 aromatic carbocycles. The average Bonchev–Trinajstić information content (AvgIpc) is 3.53. The minimum absolute atomic E-state index is 0.185. The van der Waals surface area contributed by atoms with Crippen LogP contribution in [0.2, 0.25) is 0 Å². The Morgan fingerprint density at radius 2 is 1.67 bits per heavy atom. The molecule has 1 aliphatic heterocycles. The molecule has 30 heavy (non-hydrogen) atoms. The molecule has 2 aromatic rings. The fourth-order valence-corrected chi connectivity index (χ4v) is 7.73. The molecule has 2 fully saturated rings. The van der Waals surface area contributed by atoms with E-state index in [0.717, 1.165) is 43.8 Å². The van der Waals surface area contributed by atoms with Gasteiger partial charge in [-0.1, -0.05) is 56.7 Å². The number of pyridine rings is 1. The first kappa shape index (κ1) is 20.0. The van der Waals surface area contributed by atoms with Crippen molar-refractivity contribution in [2.75, 3.05) is 5.32 Å². The first-order valence-electron chi connectivity index (χ1n) is 11.7. The maximum absolute atomic E-state index is 13.0. The summed E-state index contributed by atoms with van der Waals surface area (Å²) in [5, 5.41) is 3.48. The molecule has 1 N–H and O–H groups in total. The lowest BCUT2D eigenvalue weighted by Gasteiger charge is -2.27. The van der Waals surface area contributed by atoms with Crippen LogP contribution in [-0.2, 0) is 16.3 Å². The highest BCUT2D eigenvalue weighted by atomic mass is 32.2. The van der Waals surface area contributed by atoms with Crippen molar-refractivity contribution in [3.63, 3.8) is 0 Å². The fourth-order valence-electron chi connectivity index (χ4n) is 5.87. The van der Waals surface area contributed by atoms with Gasteiger partial charge < -0.3 is 5.32 Å². The molecule has 160 valence electrons. The van der Waals surface area contributed by atoms with Gasteiger partial charge in [-0.2, -0.15) is 0 Å². The van der Waals surface area contributed by atoms with Crippen molar-refractivity contribution >= 4 is 15.7 Å². The van der Waals surface area contributed by atoms with E-state index in [2.05, 4.69) is 28.5 Å². The quantitative estimate of drug-likeness (QED) is 0.665. The summed E-state index contributed by atoms with van der Waals surface area (Å²) in [5.74, 6) is 2.17. The number of sulfone groups is 1. The lowest BCUT2D eigenvalue weighted by atomic mass is 9.82. The van der Waals surface area contributed by atoms with E-state index in [9.17, 15) is 8.42 Å². The van der Waals surface area contributed by atoms with Gasteiger partial charge in [-0.25, -0.2) is 13.4 Å². The zero-order valence-corrected chi connectivity index (χ0v) is 18.4. The summed E-state index contributed by atoms with van der Waals surface area (Å²) in [6, 6.07) is 12.4. The fraction of sp³-hybridized carbons (Fsp3) is 0.560. The van der Waals surface area contributed by atoms with Crippen LogP contribution in [0, 0.1) is 5.92 Å². The summed E-state index contributed by atoms with van der Waals surface area (Å²) in [5.41, 5.74) is 2.55. The predicted molar refractivity (Wildman–Crippen MR) is 121 cm³/mol. The summed E-state index contributed by atoms with van der Waals surface area (Å²) in [6.45, 7) is 0. The second-order valence-electron chi connectivity index (χ2n) is 9.48. The third-order valence-corrected chi connectivity index (χ3v) is 9.86. The van der Waals surface area contributed by atoms with Crippen molar-refractivity contribution in [3.8, 4) is 0 Å². The van der Waals surface area contributed by atoms with Crippen LogP contribution in [0.4, 0.5) is 5.82 Å². The molecule has 0 bridgehead atoms. The van der Waals surface area contributed by atoms with Gasteiger partial charge in [0, 0.05) is 18.2 Å². The lowest BCUT2D eigenvalue weighted by Crippen LogP contribution is -2.27. The van der Waals surface area contributed by atoms with E-state index in [0.29, 0.717) is 16.9 Å². The standard InChI is InChI=1S/C25H32N2O2S/c28-30(29,21-9-3-4-10-21)22-13-11-19(12-14-22)23(16-18-6-1-2-7-18)24-17-20-8-5-15-26-25(20)27-24/h5,8,11-15,18,21,23-24H,1-4,6-7,9-10,16-17H2,(H,26,27). The minimum atomic E-state index is -3.19. The molecule has 2 saturated carbocycles. The molecule has 0 radical (unpaired) electrons. The molecular formula is C25H32N2O2S. The Kier molecular flexibility index (Phi) is 5.57. The predicted octanol–water partition coefficient (Wildman–Crippen LogP) is 5.50. The maximum atomic E-state index is 13.0.